The molecule has 0 radical (unpaired) electrons. The van der Waals surface area contributed by atoms with Crippen LogP contribution in [0.1, 0.15) is 23.6 Å². The van der Waals surface area contributed by atoms with Crippen LogP contribution in [0, 0.1) is 20.8 Å². The summed E-state index contributed by atoms with van der Waals surface area (Å²) in [4.78, 5) is 0. The van der Waals surface area contributed by atoms with Crippen molar-refractivity contribution in [1.82, 2.24) is 0 Å². The van der Waals surface area contributed by atoms with Gasteiger partial charge in [-0.2, -0.15) is 0 Å². The minimum atomic E-state index is 0.107. The van der Waals surface area contributed by atoms with E-state index in [2.05, 4.69) is 38.2 Å². The molecule has 0 aliphatic carbocycles. The van der Waals surface area contributed by atoms with Gasteiger partial charge in [-0.05, 0) is 50.5 Å². The van der Waals surface area contributed by atoms with Crippen LogP contribution in [-0.4, -0.2) is 17.8 Å². The van der Waals surface area contributed by atoms with Gasteiger partial charge in [-0.1, -0.05) is 6.07 Å². The van der Waals surface area contributed by atoms with Crippen LogP contribution in [0.5, 0.6) is 0 Å². The van der Waals surface area contributed by atoms with Gasteiger partial charge in [0.15, 0.2) is 0 Å². The summed E-state index contributed by atoms with van der Waals surface area (Å²) in [7, 11) is 0. The molecule has 2 heteroatoms. The molecular weight excluding hydrogens is 174 g/mol. The average molecular weight is 193 g/mol. The normalized spacial score (nSPS) is 12.6. The highest BCUT2D eigenvalue weighted by Crippen LogP contribution is 2.21. The van der Waals surface area contributed by atoms with Crippen LogP contribution in [0.25, 0.3) is 0 Å². The number of aliphatic hydroxyl groups is 1. The van der Waals surface area contributed by atoms with E-state index >= 15 is 0 Å². The topological polar surface area (TPSA) is 32.3 Å². The van der Waals surface area contributed by atoms with Gasteiger partial charge < -0.3 is 10.4 Å². The smallest absolute Gasteiger partial charge is 0.0630 e. The molecule has 1 atom stereocenters. The van der Waals surface area contributed by atoms with Gasteiger partial charge >= 0.3 is 0 Å². The molecule has 1 aromatic carbocycles. The third-order valence-corrected chi connectivity index (χ3v) is 2.73. The molecule has 1 aromatic rings. The Hall–Kier alpha value is -1.02. The monoisotopic (exact) mass is 193 g/mol. The molecule has 1 unspecified atom stereocenters. The molecule has 2 nitrogen and oxygen atoms in total. The molecular formula is C12H19NO. The third-order valence-electron chi connectivity index (χ3n) is 2.73. The maximum Gasteiger partial charge on any atom is 0.0630 e. The standard InChI is InChI=1S/C12H19NO/c1-8-5-6-12(11(4)10(8)3)13-9(2)7-14/h5-6,9,13-14H,7H2,1-4H3. The lowest BCUT2D eigenvalue weighted by atomic mass is 10.0. The Balaban J connectivity index is 2.94. The summed E-state index contributed by atoms with van der Waals surface area (Å²) in [5, 5.41) is 12.2. The first-order valence-corrected chi connectivity index (χ1v) is 5.00. The first-order chi connectivity index (χ1) is 6.56. The SMILES string of the molecule is Cc1ccc(NC(C)CO)c(C)c1C. The van der Waals surface area contributed by atoms with Crippen molar-refractivity contribution >= 4 is 5.69 Å². The fourth-order valence-electron chi connectivity index (χ4n) is 1.42. The lowest BCUT2D eigenvalue weighted by Gasteiger charge is -2.17. The molecule has 0 amide bonds. The zero-order chi connectivity index (χ0) is 10.7. The molecule has 0 saturated heterocycles. The van der Waals surface area contributed by atoms with Gasteiger partial charge in [-0.25, -0.2) is 0 Å². The van der Waals surface area contributed by atoms with Gasteiger partial charge in [0.1, 0.15) is 0 Å². The molecule has 2 N–H and O–H groups in total. The van der Waals surface area contributed by atoms with Crippen LogP contribution in [0.4, 0.5) is 5.69 Å². The van der Waals surface area contributed by atoms with Crippen LogP contribution in [0.15, 0.2) is 12.1 Å². The number of benzene rings is 1. The van der Waals surface area contributed by atoms with E-state index in [4.69, 9.17) is 5.11 Å². The Morgan fingerprint density at radius 3 is 2.43 bits per heavy atom. The quantitative estimate of drug-likeness (QED) is 0.772. The fraction of sp³-hybridized carbons (Fsp3) is 0.500. The Labute approximate surface area is 86.0 Å². The molecule has 1 rings (SSSR count). The van der Waals surface area contributed by atoms with E-state index in [1.54, 1.807) is 0 Å². The van der Waals surface area contributed by atoms with E-state index in [-0.39, 0.29) is 12.6 Å². The first-order valence-electron chi connectivity index (χ1n) is 5.00. The van der Waals surface area contributed by atoms with Gasteiger partial charge in [0.25, 0.3) is 0 Å². The summed E-state index contributed by atoms with van der Waals surface area (Å²) in [6, 6.07) is 4.29. The van der Waals surface area contributed by atoms with Crippen LogP contribution >= 0.6 is 0 Å². The van der Waals surface area contributed by atoms with E-state index in [9.17, 15) is 0 Å². The van der Waals surface area contributed by atoms with E-state index in [0.29, 0.717) is 0 Å². The fourth-order valence-corrected chi connectivity index (χ4v) is 1.42. The van der Waals surface area contributed by atoms with Gasteiger partial charge in [0, 0.05) is 11.7 Å². The summed E-state index contributed by atoms with van der Waals surface area (Å²) in [5.74, 6) is 0. The van der Waals surface area contributed by atoms with E-state index in [1.165, 1.54) is 16.7 Å². The molecule has 0 aliphatic heterocycles. The molecule has 78 valence electrons. The van der Waals surface area contributed by atoms with E-state index in [1.807, 2.05) is 6.92 Å². The van der Waals surface area contributed by atoms with Crippen molar-refractivity contribution < 1.29 is 5.11 Å². The highest BCUT2D eigenvalue weighted by atomic mass is 16.3. The molecule has 0 fully saturated rings. The minimum absolute atomic E-state index is 0.107. The van der Waals surface area contributed by atoms with Crippen LogP contribution in [-0.2, 0) is 0 Å². The maximum absolute atomic E-state index is 8.95. The number of aliphatic hydroxyl groups excluding tert-OH is 1. The average Bonchev–Trinajstić information content (AvgIpc) is 2.19. The molecule has 0 bridgehead atoms. The van der Waals surface area contributed by atoms with Crippen molar-refractivity contribution in [3.05, 3.63) is 28.8 Å². The zero-order valence-corrected chi connectivity index (χ0v) is 9.39. The predicted molar refractivity (Wildman–Crippen MR) is 60.8 cm³/mol. The third kappa shape index (κ3) is 2.26. The van der Waals surface area contributed by atoms with Crippen molar-refractivity contribution in [2.45, 2.75) is 33.7 Å². The van der Waals surface area contributed by atoms with Crippen molar-refractivity contribution in [3.63, 3.8) is 0 Å². The molecule has 0 aromatic heterocycles. The molecule has 14 heavy (non-hydrogen) atoms. The second kappa shape index (κ2) is 4.47. The van der Waals surface area contributed by atoms with Gasteiger partial charge in [-0.3, -0.25) is 0 Å². The first kappa shape index (κ1) is 11.1. The maximum atomic E-state index is 8.95. The van der Waals surface area contributed by atoms with Crippen LogP contribution in [0.3, 0.4) is 0 Å². The number of anilines is 1. The predicted octanol–water partition coefficient (Wildman–Crippen LogP) is 2.40. The molecule has 0 aliphatic rings. The van der Waals surface area contributed by atoms with Gasteiger partial charge in [0.2, 0.25) is 0 Å². The van der Waals surface area contributed by atoms with Crippen molar-refractivity contribution in [1.29, 1.82) is 0 Å². The van der Waals surface area contributed by atoms with Crippen LogP contribution < -0.4 is 5.32 Å². The second-order valence-corrected chi connectivity index (χ2v) is 3.91. The number of rotatable bonds is 3. The lowest BCUT2D eigenvalue weighted by molar-refractivity contribution is 0.281. The highest BCUT2D eigenvalue weighted by molar-refractivity contribution is 5.56. The van der Waals surface area contributed by atoms with Gasteiger partial charge in [0.05, 0.1) is 6.61 Å². The van der Waals surface area contributed by atoms with Crippen molar-refractivity contribution in [3.8, 4) is 0 Å². The number of hydrogen-bond acceptors (Lipinski definition) is 2. The largest absolute Gasteiger partial charge is 0.394 e. The van der Waals surface area contributed by atoms with E-state index < -0.39 is 0 Å². The van der Waals surface area contributed by atoms with Crippen LogP contribution in [0.2, 0.25) is 0 Å². The molecule has 0 saturated carbocycles. The summed E-state index contributed by atoms with van der Waals surface area (Å²) in [6.07, 6.45) is 0. The Morgan fingerprint density at radius 2 is 1.86 bits per heavy atom. The molecule has 0 heterocycles. The van der Waals surface area contributed by atoms with Crippen molar-refractivity contribution in [2.24, 2.45) is 0 Å². The highest BCUT2D eigenvalue weighted by Gasteiger charge is 2.05. The summed E-state index contributed by atoms with van der Waals surface area (Å²) >= 11 is 0. The van der Waals surface area contributed by atoms with Gasteiger partial charge in [-0.15, -0.1) is 0 Å². The van der Waals surface area contributed by atoms with Crippen molar-refractivity contribution in [2.75, 3.05) is 11.9 Å². The Bertz CT molecular complexity index is 320. The Kier molecular flexibility index (Phi) is 3.53. The molecule has 0 spiro atoms. The number of aryl methyl sites for hydroxylation is 1. The lowest BCUT2D eigenvalue weighted by Crippen LogP contribution is -2.20. The summed E-state index contributed by atoms with van der Waals surface area (Å²) in [6.45, 7) is 8.47. The number of nitrogens with one attached hydrogen (secondary N) is 1. The summed E-state index contributed by atoms with van der Waals surface area (Å²) in [5.41, 5.74) is 5.02. The van der Waals surface area contributed by atoms with E-state index in [0.717, 1.165) is 5.69 Å². The second-order valence-electron chi connectivity index (χ2n) is 3.91. The number of hydrogen-bond donors (Lipinski definition) is 2. The Morgan fingerprint density at radius 1 is 1.21 bits per heavy atom. The summed E-state index contributed by atoms with van der Waals surface area (Å²) < 4.78 is 0. The zero-order valence-electron chi connectivity index (χ0n) is 9.39. The minimum Gasteiger partial charge on any atom is -0.394 e.